The number of carbonyl (C=O) groups is 1. The molecule has 0 aliphatic rings. The zero-order valence-corrected chi connectivity index (χ0v) is 20.7. The number of aryl methyl sites for hydroxylation is 2. The van der Waals surface area contributed by atoms with Crippen LogP contribution in [0.5, 0.6) is 0 Å². The molecule has 1 N–H and O–H groups in total. The largest absolute Gasteiger partial charge is 0.512 e. The van der Waals surface area contributed by atoms with E-state index in [9.17, 15) is 4.79 Å². The summed E-state index contributed by atoms with van der Waals surface area (Å²) < 4.78 is 0. The van der Waals surface area contributed by atoms with E-state index in [0.29, 0.717) is 0 Å². The van der Waals surface area contributed by atoms with Crippen molar-refractivity contribution in [2.75, 3.05) is 0 Å². The Bertz CT molecular complexity index is 1250. The maximum atomic E-state index is 10.0. The Labute approximate surface area is 196 Å². The van der Waals surface area contributed by atoms with E-state index in [-0.39, 0.29) is 31.6 Å². The molecule has 4 nitrogen and oxygen atoms in total. The molecule has 0 bridgehead atoms. The quantitative estimate of drug-likeness (QED) is 0.131. The smallest absolute Gasteiger partial charge is 0.155 e. The van der Waals surface area contributed by atoms with Gasteiger partial charge >= 0.3 is 0 Å². The van der Waals surface area contributed by atoms with Crippen molar-refractivity contribution in [3.05, 3.63) is 83.5 Å². The van der Waals surface area contributed by atoms with E-state index >= 15 is 0 Å². The van der Waals surface area contributed by atoms with E-state index in [4.69, 9.17) is 5.11 Å². The summed E-state index contributed by atoms with van der Waals surface area (Å²) in [6.45, 7) is 9.24. The van der Waals surface area contributed by atoms with E-state index in [1.165, 1.54) is 47.4 Å². The monoisotopic (exact) mass is 590 g/mol. The molecule has 0 spiro atoms. The fourth-order valence-corrected chi connectivity index (χ4v) is 3.42. The number of hydrogen-bond acceptors (Lipinski definition) is 4. The molecule has 0 saturated carbocycles. The zero-order chi connectivity index (χ0) is 21.8. The van der Waals surface area contributed by atoms with Crippen LogP contribution in [0.1, 0.15) is 30.5 Å². The Morgan fingerprint density at radius 2 is 1.71 bits per heavy atom. The van der Waals surface area contributed by atoms with Gasteiger partial charge in [0, 0.05) is 50.2 Å². The molecule has 0 aliphatic carbocycles. The van der Waals surface area contributed by atoms with Crippen molar-refractivity contribution < 1.29 is 30.0 Å². The first-order chi connectivity index (χ1) is 14.3. The van der Waals surface area contributed by atoms with Crippen LogP contribution in [-0.2, 0) is 24.9 Å². The number of allylic oxidation sites excluding steroid dienone is 2. The Balaban J connectivity index is 0.000000373. The number of aromatic nitrogens is 2. The van der Waals surface area contributed by atoms with Crippen LogP contribution in [-0.4, -0.2) is 20.9 Å². The Morgan fingerprint density at radius 1 is 1.00 bits per heavy atom. The molecule has 161 valence electrons. The third-order valence-corrected chi connectivity index (χ3v) is 5.07. The van der Waals surface area contributed by atoms with E-state index < -0.39 is 0 Å². The van der Waals surface area contributed by atoms with Crippen LogP contribution in [0.4, 0.5) is 0 Å². The molecule has 2 heterocycles. The van der Waals surface area contributed by atoms with Crippen LogP contribution < -0.4 is 0 Å². The normalized spacial score (nSPS) is 10.9. The van der Waals surface area contributed by atoms with Crippen molar-refractivity contribution in [2.45, 2.75) is 34.6 Å². The van der Waals surface area contributed by atoms with E-state index in [2.05, 4.69) is 67.1 Å². The number of benzene rings is 2. The predicted octanol–water partition coefficient (Wildman–Crippen LogP) is 6.21. The summed E-state index contributed by atoms with van der Waals surface area (Å²) in [6.07, 6.45) is 6.80. The summed E-state index contributed by atoms with van der Waals surface area (Å²) in [4.78, 5) is 18.9. The van der Waals surface area contributed by atoms with Gasteiger partial charge in [0.15, 0.2) is 5.78 Å². The maximum Gasteiger partial charge on any atom is 0.155 e. The summed E-state index contributed by atoms with van der Waals surface area (Å²) in [7, 11) is 0. The molecule has 2 aromatic carbocycles. The summed E-state index contributed by atoms with van der Waals surface area (Å²) in [6, 6.07) is 14.1. The molecule has 0 aliphatic heterocycles. The van der Waals surface area contributed by atoms with Crippen molar-refractivity contribution >= 4 is 27.3 Å². The van der Waals surface area contributed by atoms with Crippen LogP contribution in [0.3, 0.4) is 0 Å². The summed E-state index contributed by atoms with van der Waals surface area (Å²) >= 11 is 0. The van der Waals surface area contributed by atoms with Crippen molar-refractivity contribution in [2.24, 2.45) is 0 Å². The van der Waals surface area contributed by atoms with Gasteiger partial charge < -0.3 is 10.1 Å². The van der Waals surface area contributed by atoms with Gasteiger partial charge in [-0.3, -0.25) is 9.78 Å². The number of fused-ring (bicyclic) bond motifs is 3. The van der Waals surface area contributed by atoms with Crippen LogP contribution >= 0.6 is 0 Å². The molecule has 0 fully saturated rings. The summed E-state index contributed by atoms with van der Waals surface area (Å²) in [5.74, 6) is -0.0625. The fourth-order valence-electron chi connectivity index (χ4n) is 3.42. The predicted molar refractivity (Wildman–Crippen MR) is 123 cm³/mol. The minimum Gasteiger partial charge on any atom is -0.512 e. The zero-order valence-electron chi connectivity index (χ0n) is 18.3. The number of pyridine rings is 2. The first kappa shape index (κ1) is 24.4. The van der Waals surface area contributed by atoms with Gasteiger partial charge in [-0.2, -0.15) is 0 Å². The minimum atomic E-state index is -0.125. The minimum absolute atomic E-state index is 0. The molecular weight excluding hydrogens is 565 g/mol. The van der Waals surface area contributed by atoms with E-state index in [1.54, 1.807) is 0 Å². The van der Waals surface area contributed by atoms with Crippen LogP contribution in [0.25, 0.3) is 32.8 Å². The van der Waals surface area contributed by atoms with Crippen molar-refractivity contribution in [3.8, 4) is 11.3 Å². The Morgan fingerprint density at radius 3 is 2.32 bits per heavy atom. The van der Waals surface area contributed by atoms with Gasteiger partial charge in [0.25, 0.3) is 0 Å². The molecule has 0 saturated heterocycles. The average Bonchev–Trinajstić information content (AvgIpc) is 2.70. The number of ketones is 1. The van der Waals surface area contributed by atoms with Crippen LogP contribution in [0.15, 0.2) is 60.8 Å². The van der Waals surface area contributed by atoms with E-state index in [0.717, 1.165) is 22.0 Å². The fraction of sp³-hybridized carbons (Fsp3) is 0.192. The third-order valence-electron chi connectivity index (χ3n) is 5.07. The molecule has 31 heavy (non-hydrogen) atoms. The molecule has 5 heteroatoms. The van der Waals surface area contributed by atoms with Crippen LogP contribution in [0.2, 0.25) is 0 Å². The Hall–Kier alpha value is -2.88. The first-order valence-electron chi connectivity index (χ1n) is 9.77. The molecule has 1 radical (unpaired) electrons. The van der Waals surface area contributed by atoms with Gasteiger partial charge in [-0.05, 0) is 47.8 Å². The molecule has 4 rings (SSSR count). The van der Waals surface area contributed by atoms with Gasteiger partial charge in [0.05, 0.1) is 5.76 Å². The number of hydrogen-bond donors (Lipinski definition) is 1. The van der Waals surface area contributed by atoms with Gasteiger partial charge in [-0.25, -0.2) is 0 Å². The molecular formula is C26H25IrN2O2-. The average molecular weight is 590 g/mol. The van der Waals surface area contributed by atoms with Gasteiger partial charge in [0.2, 0.25) is 0 Å². The topological polar surface area (TPSA) is 63.1 Å². The first-order valence-corrected chi connectivity index (χ1v) is 9.77. The molecule has 0 atom stereocenters. The summed E-state index contributed by atoms with van der Waals surface area (Å²) in [5, 5.41) is 13.1. The maximum absolute atomic E-state index is 10.0. The second-order valence-corrected chi connectivity index (χ2v) is 7.43. The standard InChI is InChI=1S/C21H17N2.C5H8O2.Ir/c1-13-10-17(11-14(2)15(13)3)21-20-5-4-16-12-22-8-6-18(16)19(20)7-9-23-21;1-4(6)3-5(2)7;/h4-10,12H,1-3H3;3,6H,1-2H3;/q-1;;/b;4-3-;. The molecule has 2 aromatic heterocycles. The van der Waals surface area contributed by atoms with Crippen molar-refractivity contribution in [1.82, 2.24) is 9.97 Å². The molecule has 0 unspecified atom stereocenters. The SMILES string of the molecule is CC(=O)/C=C(/C)O.Cc1[c-]c(-c2nccc3c2ccc2cnccc23)cc(C)c1C.[Ir]. The van der Waals surface area contributed by atoms with Gasteiger partial charge in [0.1, 0.15) is 0 Å². The summed E-state index contributed by atoms with van der Waals surface area (Å²) in [5.41, 5.74) is 5.81. The number of aliphatic hydroxyl groups is 1. The number of rotatable bonds is 2. The number of nitrogens with zero attached hydrogens (tertiary/aromatic N) is 2. The van der Waals surface area contributed by atoms with Gasteiger partial charge in [-0.15, -0.1) is 34.4 Å². The number of aliphatic hydroxyl groups excluding tert-OH is 1. The molecule has 0 amide bonds. The number of carbonyl (C=O) groups excluding carboxylic acids is 1. The Kier molecular flexibility index (Phi) is 8.21. The second-order valence-electron chi connectivity index (χ2n) is 7.43. The van der Waals surface area contributed by atoms with Gasteiger partial charge in [-0.1, -0.05) is 32.9 Å². The molecule has 4 aromatic rings. The van der Waals surface area contributed by atoms with E-state index in [1.807, 2.05) is 18.6 Å². The van der Waals surface area contributed by atoms with Crippen LogP contribution in [0, 0.1) is 26.8 Å². The second kappa shape index (κ2) is 10.4. The third kappa shape index (κ3) is 5.63. The van der Waals surface area contributed by atoms with Crippen molar-refractivity contribution in [3.63, 3.8) is 0 Å². The van der Waals surface area contributed by atoms with Crippen molar-refractivity contribution in [1.29, 1.82) is 0 Å².